The third kappa shape index (κ3) is 2.61. The molecule has 1 amide bonds. The maximum atomic E-state index is 12.1. The summed E-state index contributed by atoms with van der Waals surface area (Å²) in [6.45, 7) is 1.22. The molecule has 0 aliphatic carbocycles. The van der Waals surface area contributed by atoms with Crippen molar-refractivity contribution in [1.82, 2.24) is 4.90 Å². The van der Waals surface area contributed by atoms with Crippen LogP contribution in [0.3, 0.4) is 0 Å². The Morgan fingerprint density at radius 3 is 2.75 bits per heavy atom. The Morgan fingerprint density at radius 2 is 2.00 bits per heavy atom. The van der Waals surface area contributed by atoms with E-state index in [9.17, 15) is 9.90 Å². The van der Waals surface area contributed by atoms with E-state index in [-0.39, 0.29) is 12.0 Å². The first kappa shape index (κ1) is 11.1. The number of aliphatic hydroxyl groups excluding tert-OH is 1. The van der Waals surface area contributed by atoms with Crippen molar-refractivity contribution in [3.05, 3.63) is 35.9 Å². The monoisotopic (exact) mass is 219 g/mol. The molecule has 0 aromatic heterocycles. The maximum absolute atomic E-state index is 12.1. The highest BCUT2D eigenvalue weighted by Crippen LogP contribution is 2.13. The van der Waals surface area contributed by atoms with Crippen molar-refractivity contribution in [2.45, 2.75) is 25.4 Å². The van der Waals surface area contributed by atoms with Gasteiger partial charge in [0.25, 0.3) is 5.91 Å². The van der Waals surface area contributed by atoms with Crippen molar-refractivity contribution in [2.75, 3.05) is 13.1 Å². The van der Waals surface area contributed by atoms with Gasteiger partial charge >= 0.3 is 0 Å². The smallest absolute Gasteiger partial charge is 0.253 e. The molecule has 1 aliphatic heterocycles. The summed E-state index contributed by atoms with van der Waals surface area (Å²) in [6, 6.07) is 9.26. The van der Waals surface area contributed by atoms with Gasteiger partial charge in [0.15, 0.2) is 0 Å². The molecule has 1 aliphatic rings. The normalized spacial score (nSPS) is 21.6. The van der Waals surface area contributed by atoms with Crippen LogP contribution in [0.25, 0.3) is 0 Å². The zero-order valence-corrected chi connectivity index (χ0v) is 9.30. The van der Waals surface area contributed by atoms with E-state index in [1.165, 1.54) is 0 Å². The fourth-order valence-electron chi connectivity index (χ4n) is 2.07. The minimum Gasteiger partial charge on any atom is -0.391 e. The highest BCUT2D eigenvalue weighted by atomic mass is 16.3. The van der Waals surface area contributed by atoms with Gasteiger partial charge in [0.2, 0.25) is 0 Å². The molecule has 1 N–H and O–H groups in total. The summed E-state index contributed by atoms with van der Waals surface area (Å²) in [7, 11) is 0. The number of likely N-dealkylation sites (tertiary alicyclic amines) is 1. The molecule has 0 radical (unpaired) electrons. The first-order chi connectivity index (χ1) is 7.77. The van der Waals surface area contributed by atoms with Gasteiger partial charge in [-0.2, -0.15) is 0 Å². The predicted molar refractivity (Wildman–Crippen MR) is 62.2 cm³/mol. The minimum atomic E-state index is -0.366. The van der Waals surface area contributed by atoms with E-state index in [0.29, 0.717) is 12.1 Å². The number of hydrogen-bond donors (Lipinski definition) is 1. The lowest BCUT2D eigenvalue weighted by Gasteiger charge is -2.22. The summed E-state index contributed by atoms with van der Waals surface area (Å²) >= 11 is 0. The van der Waals surface area contributed by atoms with Gasteiger partial charge in [-0.05, 0) is 31.4 Å². The van der Waals surface area contributed by atoms with Gasteiger partial charge in [0.1, 0.15) is 0 Å². The molecular formula is C13H17NO2. The van der Waals surface area contributed by atoms with E-state index < -0.39 is 0 Å². The summed E-state index contributed by atoms with van der Waals surface area (Å²) in [6.07, 6.45) is 2.42. The fraction of sp³-hybridized carbons (Fsp3) is 0.462. The van der Waals surface area contributed by atoms with Crippen molar-refractivity contribution in [3.8, 4) is 0 Å². The average Bonchev–Trinajstić information content (AvgIpc) is 2.54. The Kier molecular flexibility index (Phi) is 3.57. The number of β-amino-alcohol motifs (C(OH)–C–C–N with tert-alkyl or cyclic N) is 1. The number of amides is 1. The van der Waals surface area contributed by atoms with Crippen LogP contribution in [0.15, 0.2) is 30.3 Å². The molecule has 2 rings (SSSR count). The molecule has 0 saturated carbocycles. The Balaban J connectivity index is 2.09. The number of aliphatic hydroxyl groups is 1. The number of carbonyl (C=O) groups is 1. The molecule has 1 heterocycles. The number of nitrogens with zero attached hydrogens (tertiary/aromatic N) is 1. The molecule has 1 aromatic rings. The summed E-state index contributed by atoms with van der Waals surface area (Å²) < 4.78 is 0. The molecule has 0 bridgehead atoms. The van der Waals surface area contributed by atoms with E-state index >= 15 is 0 Å². The van der Waals surface area contributed by atoms with E-state index in [1.807, 2.05) is 30.3 Å². The lowest BCUT2D eigenvalue weighted by atomic mass is 10.2. The predicted octanol–water partition coefficient (Wildman–Crippen LogP) is 1.67. The second kappa shape index (κ2) is 5.12. The number of hydrogen-bond acceptors (Lipinski definition) is 2. The summed E-state index contributed by atoms with van der Waals surface area (Å²) in [5.41, 5.74) is 0.705. The lowest BCUT2D eigenvalue weighted by molar-refractivity contribution is 0.0655. The van der Waals surface area contributed by atoms with Crippen molar-refractivity contribution >= 4 is 5.91 Å². The third-order valence-corrected chi connectivity index (χ3v) is 2.95. The molecule has 1 fully saturated rings. The second-order valence-corrected chi connectivity index (χ2v) is 4.27. The van der Waals surface area contributed by atoms with E-state index in [4.69, 9.17) is 0 Å². The highest BCUT2D eigenvalue weighted by molar-refractivity contribution is 5.94. The van der Waals surface area contributed by atoms with Crippen molar-refractivity contribution in [2.24, 2.45) is 0 Å². The van der Waals surface area contributed by atoms with Gasteiger partial charge in [0.05, 0.1) is 6.10 Å². The van der Waals surface area contributed by atoms with Gasteiger partial charge in [-0.25, -0.2) is 0 Å². The topological polar surface area (TPSA) is 40.5 Å². The van der Waals surface area contributed by atoms with Crippen LogP contribution < -0.4 is 0 Å². The van der Waals surface area contributed by atoms with Gasteiger partial charge in [0, 0.05) is 18.7 Å². The van der Waals surface area contributed by atoms with Crippen molar-refractivity contribution in [3.63, 3.8) is 0 Å². The van der Waals surface area contributed by atoms with Gasteiger partial charge < -0.3 is 10.0 Å². The van der Waals surface area contributed by atoms with Crippen LogP contribution in [0.5, 0.6) is 0 Å². The first-order valence-corrected chi connectivity index (χ1v) is 5.80. The van der Waals surface area contributed by atoms with E-state index in [2.05, 4.69) is 0 Å². The molecule has 1 saturated heterocycles. The lowest BCUT2D eigenvalue weighted by Crippen LogP contribution is -2.36. The molecule has 3 heteroatoms. The number of rotatable bonds is 1. The number of benzene rings is 1. The Morgan fingerprint density at radius 1 is 1.25 bits per heavy atom. The molecule has 3 nitrogen and oxygen atoms in total. The second-order valence-electron chi connectivity index (χ2n) is 4.27. The standard InChI is InChI=1S/C13H17NO2/c15-12-8-4-5-9-14(10-12)13(16)11-6-2-1-3-7-11/h1-3,6-7,12,15H,4-5,8-10H2. The quantitative estimate of drug-likeness (QED) is 0.780. The zero-order valence-electron chi connectivity index (χ0n) is 9.30. The van der Waals surface area contributed by atoms with E-state index in [1.54, 1.807) is 4.90 Å². The molecule has 1 unspecified atom stereocenters. The third-order valence-electron chi connectivity index (χ3n) is 2.95. The maximum Gasteiger partial charge on any atom is 0.253 e. The Hall–Kier alpha value is -1.35. The van der Waals surface area contributed by atoms with Crippen LogP contribution in [0, 0.1) is 0 Å². The Bertz CT molecular complexity index is 350. The molecule has 0 spiro atoms. The summed E-state index contributed by atoms with van der Waals surface area (Å²) in [4.78, 5) is 13.9. The SMILES string of the molecule is O=C(c1ccccc1)N1CCCCC(O)C1. The molecule has 86 valence electrons. The first-order valence-electron chi connectivity index (χ1n) is 5.80. The average molecular weight is 219 g/mol. The van der Waals surface area contributed by atoms with Crippen LogP contribution in [0.1, 0.15) is 29.6 Å². The van der Waals surface area contributed by atoms with Gasteiger partial charge in [-0.3, -0.25) is 4.79 Å². The summed E-state index contributed by atoms with van der Waals surface area (Å²) in [5.74, 6) is 0.0292. The minimum absolute atomic E-state index is 0.0292. The molecule has 16 heavy (non-hydrogen) atoms. The van der Waals surface area contributed by atoms with Crippen molar-refractivity contribution in [1.29, 1.82) is 0 Å². The van der Waals surface area contributed by atoms with Crippen molar-refractivity contribution < 1.29 is 9.90 Å². The van der Waals surface area contributed by atoms with Crippen LogP contribution in [0.4, 0.5) is 0 Å². The van der Waals surface area contributed by atoms with Crippen LogP contribution in [0.2, 0.25) is 0 Å². The summed E-state index contributed by atoms with van der Waals surface area (Å²) in [5, 5.41) is 9.66. The molecule has 1 aromatic carbocycles. The van der Waals surface area contributed by atoms with Gasteiger partial charge in [-0.1, -0.05) is 18.2 Å². The van der Waals surface area contributed by atoms with Crippen LogP contribution in [-0.2, 0) is 0 Å². The van der Waals surface area contributed by atoms with Gasteiger partial charge in [-0.15, -0.1) is 0 Å². The Labute approximate surface area is 95.7 Å². The molecule has 1 atom stereocenters. The van der Waals surface area contributed by atoms with Crippen LogP contribution >= 0.6 is 0 Å². The highest BCUT2D eigenvalue weighted by Gasteiger charge is 2.21. The molecular weight excluding hydrogens is 202 g/mol. The van der Waals surface area contributed by atoms with E-state index in [0.717, 1.165) is 25.8 Å². The van der Waals surface area contributed by atoms with Crippen LogP contribution in [-0.4, -0.2) is 35.1 Å². The zero-order chi connectivity index (χ0) is 11.4. The largest absolute Gasteiger partial charge is 0.391 e. The fourth-order valence-corrected chi connectivity index (χ4v) is 2.07. The number of carbonyl (C=O) groups excluding carboxylic acids is 1.